The Bertz CT molecular complexity index is 762. The number of hydrogen-bond acceptors (Lipinski definition) is 6. The molecule has 124 valence electrons. The first kappa shape index (κ1) is 17.7. The average molecular weight is 391 g/mol. The summed E-state index contributed by atoms with van der Waals surface area (Å²) in [5.41, 5.74) is 0.842. The van der Waals surface area contributed by atoms with E-state index in [2.05, 4.69) is 26.2 Å². The van der Waals surface area contributed by atoms with E-state index in [1.165, 1.54) is 6.07 Å². The van der Waals surface area contributed by atoms with E-state index < -0.39 is 11.0 Å². The number of aromatic nitrogens is 1. The topological polar surface area (TPSA) is 101 Å². The maximum atomic E-state index is 11.3. The van der Waals surface area contributed by atoms with Crippen LogP contribution in [0, 0.1) is 21.4 Å². The van der Waals surface area contributed by atoms with Crippen molar-refractivity contribution in [2.75, 3.05) is 11.9 Å². The maximum Gasteiger partial charge on any atom is 0.297 e. The number of nitro groups is 1. The number of rotatable bonds is 7. The lowest BCUT2D eigenvalue weighted by molar-refractivity contribution is -0.384. The van der Waals surface area contributed by atoms with E-state index in [4.69, 9.17) is 10.00 Å². The number of nitrogens with zero attached hydrogens (tertiary/aromatic N) is 3. The van der Waals surface area contributed by atoms with Crippen molar-refractivity contribution in [2.45, 2.75) is 19.4 Å². The molecule has 0 unspecified atom stereocenters. The third-order valence-electron chi connectivity index (χ3n) is 3.19. The summed E-state index contributed by atoms with van der Waals surface area (Å²) in [4.78, 5) is 15.1. The van der Waals surface area contributed by atoms with Gasteiger partial charge in [-0.3, -0.25) is 15.1 Å². The van der Waals surface area contributed by atoms with Crippen molar-refractivity contribution >= 4 is 27.3 Å². The molecule has 0 amide bonds. The van der Waals surface area contributed by atoms with Crippen LogP contribution in [-0.4, -0.2) is 16.5 Å². The van der Waals surface area contributed by atoms with E-state index in [1.807, 2.05) is 25.1 Å². The van der Waals surface area contributed by atoms with E-state index in [0.29, 0.717) is 15.9 Å². The summed E-state index contributed by atoms with van der Waals surface area (Å²) in [6.07, 6.45) is 1.49. The fourth-order valence-corrected chi connectivity index (χ4v) is 2.52. The first-order chi connectivity index (χ1) is 11.5. The van der Waals surface area contributed by atoms with Gasteiger partial charge in [-0.05, 0) is 25.1 Å². The standard InChI is InChI=1S/C16H15BrN4O3/c1-11(13-5-2-3-7-19-13)24-15-10-12(17)9-14(21(22)23)16(15)20-8-4-6-18/h2-3,5,7,9-11,20H,4,8H2,1H3/t11-/m1/s1. The fourth-order valence-electron chi connectivity index (χ4n) is 2.09. The molecule has 0 spiro atoms. The van der Waals surface area contributed by atoms with Crippen LogP contribution >= 0.6 is 15.9 Å². The van der Waals surface area contributed by atoms with E-state index in [0.717, 1.165) is 0 Å². The van der Waals surface area contributed by atoms with Gasteiger partial charge in [0.25, 0.3) is 5.69 Å². The molecular formula is C16H15BrN4O3. The highest BCUT2D eigenvalue weighted by molar-refractivity contribution is 9.10. The number of halogens is 1. The smallest absolute Gasteiger partial charge is 0.297 e. The monoisotopic (exact) mass is 390 g/mol. The van der Waals surface area contributed by atoms with Crippen molar-refractivity contribution in [3.05, 3.63) is 56.8 Å². The van der Waals surface area contributed by atoms with Gasteiger partial charge in [-0.15, -0.1) is 0 Å². The number of benzene rings is 1. The zero-order valence-corrected chi connectivity index (χ0v) is 14.5. The minimum absolute atomic E-state index is 0.120. The minimum atomic E-state index is -0.488. The molecule has 0 bridgehead atoms. The van der Waals surface area contributed by atoms with Gasteiger partial charge in [0.1, 0.15) is 6.10 Å². The van der Waals surface area contributed by atoms with E-state index >= 15 is 0 Å². The molecule has 0 saturated carbocycles. The number of anilines is 1. The second-order valence-corrected chi connectivity index (χ2v) is 5.82. The number of nitriles is 1. The molecule has 1 aromatic heterocycles. The molecule has 0 aliphatic rings. The van der Waals surface area contributed by atoms with Crippen LogP contribution in [0.15, 0.2) is 41.0 Å². The number of pyridine rings is 1. The van der Waals surface area contributed by atoms with Crippen LogP contribution in [-0.2, 0) is 0 Å². The van der Waals surface area contributed by atoms with Crippen LogP contribution in [0.25, 0.3) is 0 Å². The van der Waals surface area contributed by atoms with Crippen molar-refractivity contribution in [1.82, 2.24) is 4.98 Å². The Balaban J connectivity index is 2.36. The zero-order valence-electron chi connectivity index (χ0n) is 12.9. The third kappa shape index (κ3) is 4.43. The van der Waals surface area contributed by atoms with Crippen molar-refractivity contribution in [3.8, 4) is 11.8 Å². The number of nitro benzene ring substituents is 1. The molecular weight excluding hydrogens is 376 g/mol. The summed E-state index contributed by atoms with van der Waals surface area (Å²) in [7, 11) is 0. The van der Waals surface area contributed by atoms with Gasteiger partial charge < -0.3 is 10.1 Å². The predicted molar refractivity (Wildman–Crippen MR) is 92.8 cm³/mol. The maximum absolute atomic E-state index is 11.3. The molecule has 1 heterocycles. The fraction of sp³-hybridized carbons (Fsp3) is 0.250. The number of ether oxygens (including phenoxy) is 1. The second kappa shape index (κ2) is 8.26. The van der Waals surface area contributed by atoms with Crippen LogP contribution < -0.4 is 10.1 Å². The van der Waals surface area contributed by atoms with Crippen molar-refractivity contribution in [2.24, 2.45) is 0 Å². The molecule has 24 heavy (non-hydrogen) atoms. The first-order valence-electron chi connectivity index (χ1n) is 7.19. The van der Waals surface area contributed by atoms with Crippen molar-refractivity contribution < 1.29 is 9.66 Å². The molecule has 0 aliphatic carbocycles. The molecule has 0 aliphatic heterocycles. The summed E-state index contributed by atoms with van der Waals surface area (Å²) in [5.74, 6) is 0.326. The summed E-state index contributed by atoms with van der Waals surface area (Å²) in [6.45, 7) is 2.10. The van der Waals surface area contributed by atoms with E-state index in [-0.39, 0.29) is 24.3 Å². The highest BCUT2D eigenvalue weighted by Crippen LogP contribution is 2.39. The molecule has 0 radical (unpaired) electrons. The molecule has 1 N–H and O–H groups in total. The van der Waals surface area contributed by atoms with Crippen LogP contribution in [0.4, 0.5) is 11.4 Å². The van der Waals surface area contributed by atoms with Gasteiger partial charge >= 0.3 is 0 Å². The lowest BCUT2D eigenvalue weighted by atomic mass is 10.2. The number of hydrogen-bond donors (Lipinski definition) is 1. The normalized spacial score (nSPS) is 11.4. The Hall–Kier alpha value is -2.66. The van der Waals surface area contributed by atoms with Gasteiger partial charge in [0.05, 0.1) is 23.1 Å². The first-order valence-corrected chi connectivity index (χ1v) is 7.98. The molecule has 1 atom stereocenters. The molecule has 1 aromatic carbocycles. The molecule has 0 saturated heterocycles. The van der Waals surface area contributed by atoms with Gasteiger partial charge in [0.15, 0.2) is 11.4 Å². The van der Waals surface area contributed by atoms with Crippen LogP contribution in [0.2, 0.25) is 0 Å². The Morgan fingerprint density at radius 1 is 1.50 bits per heavy atom. The van der Waals surface area contributed by atoms with Crippen LogP contribution in [0.1, 0.15) is 25.1 Å². The van der Waals surface area contributed by atoms with Crippen molar-refractivity contribution in [3.63, 3.8) is 0 Å². The van der Waals surface area contributed by atoms with Gasteiger partial charge in [-0.1, -0.05) is 22.0 Å². The largest absolute Gasteiger partial charge is 0.482 e. The number of nitrogens with one attached hydrogen (secondary N) is 1. The van der Waals surface area contributed by atoms with Crippen LogP contribution in [0.5, 0.6) is 5.75 Å². The van der Waals surface area contributed by atoms with Gasteiger partial charge in [-0.25, -0.2) is 0 Å². The summed E-state index contributed by atoms with van der Waals surface area (Å²) in [5, 5.41) is 22.9. The van der Waals surface area contributed by atoms with Gasteiger partial charge in [0.2, 0.25) is 0 Å². The lowest BCUT2D eigenvalue weighted by Crippen LogP contribution is -2.10. The Kier molecular flexibility index (Phi) is 6.09. The average Bonchev–Trinajstić information content (AvgIpc) is 2.57. The Morgan fingerprint density at radius 3 is 2.92 bits per heavy atom. The van der Waals surface area contributed by atoms with Gasteiger partial charge in [0, 0.05) is 23.3 Å². The second-order valence-electron chi connectivity index (χ2n) is 4.90. The molecule has 0 fully saturated rings. The molecule has 7 nitrogen and oxygen atoms in total. The van der Waals surface area contributed by atoms with E-state index in [9.17, 15) is 10.1 Å². The molecule has 8 heteroatoms. The highest BCUT2D eigenvalue weighted by Gasteiger charge is 2.22. The minimum Gasteiger partial charge on any atom is -0.482 e. The third-order valence-corrected chi connectivity index (χ3v) is 3.65. The SMILES string of the molecule is C[C@@H](Oc1cc(Br)cc([N+](=O)[O-])c1NCCC#N)c1ccccn1. The van der Waals surface area contributed by atoms with E-state index in [1.54, 1.807) is 18.3 Å². The summed E-state index contributed by atoms with van der Waals surface area (Å²) in [6, 6.07) is 10.5. The molecule has 2 rings (SSSR count). The molecule has 2 aromatic rings. The summed E-state index contributed by atoms with van der Waals surface area (Å²) < 4.78 is 6.42. The van der Waals surface area contributed by atoms with Crippen molar-refractivity contribution in [1.29, 1.82) is 5.26 Å². The summed E-state index contributed by atoms with van der Waals surface area (Å²) >= 11 is 3.26. The Labute approximate surface area is 147 Å². The van der Waals surface area contributed by atoms with Crippen LogP contribution in [0.3, 0.4) is 0 Å². The van der Waals surface area contributed by atoms with Gasteiger partial charge in [-0.2, -0.15) is 5.26 Å². The quantitative estimate of drug-likeness (QED) is 0.431. The lowest BCUT2D eigenvalue weighted by Gasteiger charge is -2.18. The highest BCUT2D eigenvalue weighted by atomic mass is 79.9. The zero-order chi connectivity index (χ0) is 17.5. The predicted octanol–water partition coefficient (Wildman–Crippen LogP) is 4.22. The Morgan fingerprint density at radius 2 is 2.29 bits per heavy atom.